The van der Waals surface area contributed by atoms with Gasteiger partial charge in [-0.15, -0.1) is 0 Å². The average Bonchev–Trinajstić information content (AvgIpc) is 2.44. The van der Waals surface area contributed by atoms with E-state index in [2.05, 4.69) is 17.1 Å². The van der Waals surface area contributed by atoms with Gasteiger partial charge in [0.2, 0.25) is 5.91 Å². The third-order valence-corrected chi connectivity index (χ3v) is 4.72. The van der Waals surface area contributed by atoms with Gasteiger partial charge in [0.15, 0.2) is 0 Å². The molecule has 0 aromatic heterocycles. The molecule has 5 heteroatoms. The summed E-state index contributed by atoms with van der Waals surface area (Å²) in [5.74, 6) is 0.359. The molecule has 1 aliphatic rings. The first-order valence-electron chi connectivity index (χ1n) is 7.42. The van der Waals surface area contributed by atoms with Crippen LogP contribution in [-0.2, 0) is 4.79 Å². The second-order valence-corrected chi connectivity index (χ2v) is 6.21. The molecule has 0 radical (unpaired) electrons. The van der Waals surface area contributed by atoms with E-state index < -0.39 is 0 Å². The molecule has 4 nitrogen and oxygen atoms in total. The molecule has 2 N–H and O–H groups in total. The Hall–Kier alpha value is -1.10. The van der Waals surface area contributed by atoms with Crippen LogP contribution in [0.4, 0.5) is 5.69 Å². The zero-order valence-corrected chi connectivity index (χ0v) is 13.4. The Morgan fingerprint density at radius 3 is 3.00 bits per heavy atom. The Morgan fingerprint density at radius 2 is 2.29 bits per heavy atom. The topological polar surface area (TPSA) is 52.6 Å². The van der Waals surface area contributed by atoms with Crippen LogP contribution in [0.15, 0.2) is 18.2 Å². The molecule has 2 unspecified atom stereocenters. The number of halogens is 1. The molecule has 0 bridgehead atoms. The van der Waals surface area contributed by atoms with Crippen molar-refractivity contribution in [1.29, 1.82) is 0 Å². The van der Waals surface area contributed by atoms with Crippen LogP contribution in [0, 0.1) is 12.8 Å². The summed E-state index contributed by atoms with van der Waals surface area (Å²) < 4.78 is 0. The van der Waals surface area contributed by atoms with Gasteiger partial charge in [-0.2, -0.15) is 0 Å². The first kappa shape index (κ1) is 16.3. The number of piperidine rings is 1. The third kappa shape index (κ3) is 3.96. The molecule has 116 valence electrons. The zero-order chi connectivity index (χ0) is 15.4. The smallest absolute Gasteiger partial charge is 0.238 e. The molecule has 0 aliphatic carbocycles. The number of hydrogen-bond acceptors (Lipinski definition) is 3. The Kier molecular flexibility index (Phi) is 5.62. The summed E-state index contributed by atoms with van der Waals surface area (Å²) in [7, 11) is 0. The molecule has 2 rings (SSSR count). The number of hydrogen-bond donors (Lipinski definition) is 2. The van der Waals surface area contributed by atoms with E-state index in [-0.39, 0.29) is 18.6 Å². The molecule has 21 heavy (non-hydrogen) atoms. The summed E-state index contributed by atoms with van der Waals surface area (Å²) in [5, 5.41) is 13.1. The Morgan fingerprint density at radius 1 is 1.52 bits per heavy atom. The van der Waals surface area contributed by atoms with Crippen LogP contribution in [0.25, 0.3) is 0 Å². The first-order valence-corrected chi connectivity index (χ1v) is 7.80. The maximum absolute atomic E-state index is 12.2. The van der Waals surface area contributed by atoms with Gasteiger partial charge >= 0.3 is 0 Å². The van der Waals surface area contributed by atoms with Crippen molar-refractivity contribution in [3.8, 4) is 0 Å². The molecule has 1 aliphatic heterocycles. The lowest BCUT2D eigenvalue weighted by molar-refractivity contribution is -0.118. The van der Waals surface area contributed by atoms with Crippen molar-refractivity contribution in [2.75, 3.05) is 25.0 Å². The molecule has 0 saturated carbocycles. The van der Waals surface area contributed by atoms with E-state index in [1.54, 1.807) is 6.07 Å². The van der Waals surface area contributed by atoms with Gasteiger partial charge in [0.25, 0.3) is 0 Å². The number of carbonyl (C=O) groups excluding carboxylic acids is 1. The highest BCUT2D eigenvalue weighted by atomic mass is 35.5. The average molecular weight is 311 g/mol. The Bertz CT molecular complexity index is 507. The summed E-state index contributed by atoms with van der Waals surface area (Å²) >= 11 is 6.06. The van der Waals surface area contributed by atoms with E-state index in [4.69, 9.17) is 11.6 Å². The summed E-state index contributed by atoms with van der Waals surface area (Å²) in [4.78, 5) is 14.3. The highest BCUT2D eigenvalue weighted by Gasteiger charge is 2.29. The van der Waals surface area contributed by atoms with E-state index >= 15 is 0 Å². The van der Waals surface area contributed by atoms with Gasteiger partial charge in [0, 0.05) is 16.8 Å². The van der Waals surface area contributed by atoms with Crippen LogP contribution in [0.2, 0.25) is 5.02 Å². The molecular formula is C16H23ClN2O2. The van der Waals surface area contributed by atoms with Crippen molar-refractivity contribution in [2.24, 2.45) is 5.92 Å². The van der Waals surface area contributed by atoms with E-state index in [0.717, 1.165) is 30.6 Å². The molecule has 1 amide bonds. The molecule has 1 aromatic rings. The summed E-state index contributed by atoms with van der Waals surface area (Å²) in [6.45, 7) is 5.28. The number of amides is 1. The fourth-order valence-corrected chi connectivity index (χ4v) is 3.12. The zero-order valence-electron chi connectivity index (χ0n) is 12.6. The van der Waals surface area contributed by atoms with Crippen LogP contribution < -0.4 is 5.32 Å². The van der Waals surface area contributed by atoms with Gasteiger partial charge in [-0.25, -0.2) is 0 Å². The SMILES string of the molecule is Cc1c(Cl)cccc1NC(=O)CN1CCCC(C)C1CO. The minimum absolute atomic E-state index is 0.0621. The van der Waals surface area contributed by atoms with Gasteiger partial charge < -0.3 is 10.4 Å². The van der Waals surface area contributed by atoms with Gasteiger partial charge in [0.05, 0.1) is 13.2 Å². The molecule has 1 heterocycles. The van der Waals surface area contributed by atoms with Gasteiger partial charge in [-0.3, -0.25) is 9.69 Å². The van der Waals surface area contributed by atoms with E-state index in [1.165, 1.54) is 0 Å². The van der Waals surface area contributed by atoms with Crippen molar-refractivity contribution in [3.63, 3.8) is 0 Å². The fourth-order valence-electron chi connectivity index (χ4n) is 2.94. The number of likely N-dealkylation sites (tertiary alicyclic amines) is 1. The number of aliphatic hydroxyl groups excluding tert-OH is 1. The lowest BCUT2D eigenvalue weighted by atomic mass is 9.91. The maximum Gasteiger partial charge on any atom is 0.238 e. The van der Waals surface area contributed by atoms with Crippen molar-refractivity contribution in [1.82, 2.24) is 4.90 Å². The van der Waals surface area contributed by atoms with E-state index in [9.17, 15) is 9.90 Å². The second-order valence-electron chi connectivity index (χ2n) is 5.80. The Balaban J connectivity index is 1.99. The number of nitrogens with zero attached hydrogens (tertiary/aromatic N) is 1. The predicted octanol–water partition coefficient (Wildman–Crippen LogP) is 2.68. The third-order valence-electron chi connectivity index (χ3n) is 4.31. The number of carbonyl (C=O) groups is 1. The molecule has 1 fully saturated rings. The molecule has 2 atom stereocenters. The summed E-state index contributed by atoms with van der Waals surface area (Å²) in [6, 6.07) is 5.55. The number of nitrogens with one attached hydrogen (secondary N) is 1. The van der Waals surface area contributed by atoms with E-state index in [0.29, 0.717) is 17.5 Å². The highest BCUT2D eigenvalue weighted by Crippen LogP contribution is 2.24. The van der Waals surface area contributed by atoms with Gasteiger partial charge in [-0.05, 0) is 49.9 Å². The monoisotopic (exact) mass is 310 g/mol. The lowest BCUT2D eigenvalue weighted by Gasteiger charge is -2.38. The molecule has 1 aromatic carbocycles. The predicted molar refractivity (Wildman–Crippen MR) is 85.7 cm³/mol. The van der Waals surface area contributed by atoms with Gasteiger partial charge in [-0.1, -0.05) is 24.6 Å². The second kappa shape index (κ2) is 7.25. The van der Waals surface area contributed by atoms with E-state index in [1.807, 2.05) is 19.1 Å². The largest absolute Gasteiger partial charge is 0.395 e. The van der Waals surface area contributed by atoms with Crippen molar-refractivity contribution in [2.45, 2.75) is 32.7 Å². The van der Waals surface area contributed by atoms with Crippen LogP contribution in [0.3, 0.4) is 0 Å². The maximum atomic E-state index is 12.2. The fraction of sp³-hybridized carbons (Fsp3) is 0.562. The van der Waals surface area contributed by atoms with Crippen LogP contribution in [-0.4, -0.2) is 41.7 Å². The standard InChI is InChI=1S/C16H23ClN2O2/c1-11-5-4-8-19(15(11)10-20)9-16(21)18-14-7-3-6-13(17)12(14)2/h3,6-7,11,15,20H,4-5,8-10H2,1-2H3,(H,18,21). The number of anilines is 1. The highest BCUT2D eigenvalue weighted by molar-refractivity contribution is 6.31. The minimum Gasteiger partial charge on any atom is -0.395 e. The molecule has 0 spiro atoms. The Labute approximate surface area is 131 Å². The van der Waals surface area contributed by atoms with Crippen LogP contribution in [0.1, 0.15) is 25.3 Å². The van der Waals surface area contributed by atoms with Crippen molar-refractivity contribution in [3.05, 3.63) is 28.8 Å². The van der Waals surface area contributed by atoms with Crippen molar-refractivity contribution < 1.29 is 9.90 Å². The van der Waals surface area contributed by atoms with Crippen LogP contribution in [0.5, 0.6) is 0 Å². The number of benzene rings is 1. The lowest BCUT2D eigenvalue weighted by Crippen LogP contribution is -2.49. The van der Waals surface area contributed by atoms with Gasteiger partial charge in [0.1, 0.15) is 0 Å². The molecular weight excluding hydrogens is 288 g/mol. The number of rotatable bonds is 4. The minimum atomic E-state index is -0.0621. The number of aliphatic hydroxyl groups is 1. The van der Waals surface area contributed by atoms with Crippen molar-refractivity contribution >= 4 is 23.2 Å². The normalized spacial score (nSPS) is 23.0. The quantitative estimate of drug-likeness (QED) is 0.899. The molecule has 1 saturated heterocycles. The summed E-state index contributed by atoms with van der Waals surface area (Å²) in [6.07, 6.45) is 2.18. The van der Waals surface area contributed by atoms with Crippen LogP contribution >= 0.6 is 11.6 Å². The first-order chi connectivity index (χ1) is 10.0. The summed E-state index contributed by atoms with van der Waals surface area (Å²) in [5.41, 5.74) is 1.62.